The van der Waals surface area contributed by atoms with E-state index in [1.165, 1.54) is 0 Å². The normalized spacial score (nSPS) is 15.7. The zero-order chi connectivity index (χ0) is 15.4. The van der Waals surface area contributed by atoms with Gasteiger partial charge in [-0.05, 0) is 24.6 Å². The highest BCUT2D eigenvalue weighted by molar-refractivity contribution is 9.10. The Morgan fingerprint density at radius 2 is 1.81 bits per heavy atom. The molecule has 2 amide bonds. The minimum Gasteiger partial charge on any atom is -0.399 e. The number of hydrogen-bond acceptors (Lipinski definition) is 3. The van der Waals surface area contributed by atoms with Gasteiger partial charge in [-0.2, -0.15) is 0 Å². The molecule has 0 aromatic heterocycles. The van der Waals surface area contributed by atoms with E-state index >= 15 is 0 Å². The van der Waals surface area contributed by atoms with Gasteiger partial charge in [0.1, 0.15) is 0 Å². The van der Waals surface area contributed by atoms with Crippen LogP contribution in [-0.2, 0) is 4.79 Å². The average Bonchev–Trinajstić information content (AvgIpc) is 2.70. The number of nitrogen functional groups attached to an aromatic ring is 1. The van der Waals surface area contributed by atoms with Gasteiger partial charge in [0, 0.05) is 48.3 Å². The number of carbonyl (C=O) groups is 2. The highest BCUT2D eigenvalue weighted by Crippen LogP contribution is 2.19. The van der Waals surface area contributed by atoms with Crippen LogP contribution in [-0.4, -0.2) is 47.8 Å². The molecule has 0 bridgehead atoms. The Bertz CT molecular complexity index is 527. The Balaban J connectivity index is 2.08. The molecule has 1 aromatic rings. The van der Waals surface area contributed by atoms with Crippen molar-refractivity contribution in [3.05, 3.63) is 28.2 Å². The second-order valence-electron chi connectivity index (χ2n) is 5.15. The van der Waals surface area contributed by atoms with Crippen LogP contribution in [0.25, 0.3) is 0 Å². The van der Waals surface area contributed by atoms with Gasteiger partial charge in [0.2, 0.25) is 5.91 Å². The number of nitrogens with two attached hydrogens (primary N) is 1. The molecule has 0 saturated carbocycles. The summed E-state index contributed by atoms with van der Waals surface area (Å²) in [6.07, 6.45) is 1.32. The summed E-state index contributed by atoms with van der Waals surface area (Å²) in [7, 11) is 0. The Morgan fingerprint density at radius 3 is 2.48 bits per heavy atom. The quantitative estimate of drug-likeness (QED) is 0.828. The average molecular weight is 354 g/mol. The molecule has 1 heterocycles. The van der Waals surface area contributed by atoms with E-state index in [-0.39, 0.29) is 11.8 Å². The summed E-state index contributed by atoms with van der Waals surface area (Å²) in [4.78, 5) is 27.9. The lowest BCUT2D eigenvalue weighted by molar-refractivity contribution is -0.130. The molecular formula is C15H20BrN3O2. The number of nitrogens with zero attached hydrogens (tertiary/aromatic N) is 2. The zero-order valence-electron chi connectivity index (χ0n) is 12.1. The van der Waals surface area contributed by atoms with E-state index in [1.54, 1.807) is 23.1 Å². The summed E-state index contributed by atoms with van der Waals surface area (Å²) in [6.45, 7) is 4.41. The van der Waals surface area contributed by atoms with Crippen LogP contribution in [0.2, 0.25) is 0 Å². The summed E-state index contributed by atoms with van der Waals surface area (Å²) in [5.41, 5.74) is 6.92. The molecule has 0 spiro atoms. The molecule has 1 aromatic carbocycles. The second-order valence-corrected chi connectivity index (χ2v) is 6.07. The molecule has 0 unspecified atom stereocenters. The smallest absolute Gasteiger partial charge is 0.254 e. The third-order valence-corrected chi connectivity index (χ3v) is 4.06. The van der Waals surface area contributed by atoms with E-state index in [0.29, 0.717) is 37.3 Å². The number of halogens is 1. The summed E-state index contributed by atoms with van der Waals surface area (Å²) in [6, 6.07) is 5.23. The fourth-order valence-electron chi connectivity index (χ4n) is 2.51. The highest BCUT2D eigenvalue weighted by atomic mass is 79.9. The van der Waals surface area contributed by atoms with Crippen molar-refractivity contribution in [2.45, 2.75) is 19.8 Å². The Hall–Kier alpha value is -1.56. The number of anilines is 1. The lowest BCUT2D eigenvalue weighted by Crippen LogP contribution is -2.37. The maximum atomic E-state index is 12.5. The summed E-state index contributed by atoms with van der Waals surface area (Å²) >= 11 is 3.36. The zero-order valence-corrected chi connectivity index (χ0v) is 13.7. The molecule has 1 fully saturated rings. The molecule has 1 saturated heterocycles. The molecule has 2 N–H and O–H groups in total. The number of rotatable bonds is 2. The first-order chi connectivity index (χ1) is 10.0. The van der Waals surface area contributed by atoms with Gasteiger partial charge in [-0.1, -0.05) is 22.9 Å². The van der Waals surface area contributed by atoms with E-state index in [2.05, 4.69) is 15.9 Å². The first-order valence-electron chi connectivity index (χ1n) is 7.14. The molecule has 21 heavy (non-hydrogen) atoms. The van der Waals surface area contributed by atoms with Crippen LogP contribution in [0.5, 0.6) is 0 Å². The van der Waals surface area contributed by atoms with E-state index in [9.17, 15) is 9.59 Å². The topological polar surface area (TPSA) is 66.6 Å². The molecular weight excluding hydrogens is 334 g/mol. The van der Waals surface area contributed by atoms with Crippen molar-refractivity contribution in [3.63, 3.8) is 0 Å². The van der Waals surface area contributed by atoms with Gasteiger partial charge in [-0.3, -0.25) is 9.59 Å². The predicted molar refractivity (Wildman–Crippen MR) is 85.9 cm³/mol. The van der Waals surface area contributed by atoms with Crippen LogP contribution in [0.15, 0.2) is 22.7 Å². The monoisotopic (exact) mass is 353 g/mol. The molecule has 1 aliphatic rings. The molecule has 2 rings (SSSR count). The van der Waals surface area contributed by atoms with E-state index in [1.807, 2.05) is 11.8 Å². The SMILES string of the molecule is CCC(=O)N1CCCN(C(=O)c2cc(N)cc(Br)c2)CC1. The number of hydrogen-bond donors (Lipinski definition) is 1. The van der Waals surface area contributed by atoms with Crippen LogP contribution >= 0.6 is 15.9 Å². The summed E-state index contributed by atoms with van der Waals surface area (Å²) in [5.74, 6) is 0.116. The van der Waals surface area contributed by atoms with Crippen molar-refractivity contribution in [1.29, 1.82) is 0 Å². The van der Waals surface area contributed by atoms with Gasteiger partial charge in [0.25, 0.3) is 5.91 Å². The van der Waals surface area contributed by atoms with Gasteiger partial charge in [-0.15, -0.1) is 0 Å². The molecule has 6 heteroatoms. The molecule has 0 radical (unpaired) electrons. The minimum absolute atomic E-state index is 0.0335. The molecule has 1 aliphatic heterocycles. The first-order valence-corrected chi connectivity index (χ1v) is 7.93. The second kappa shape index (κ2) is 6.93. The molecule has 114 valence electrons. The predicted octanol–water partition coefficient (Wildman–Crippen LogP) is 2.12. The molecule has 5 nitrogen and oxygen atoms in total. The van der Waals surface area contributed by atoms with Gasteiger partial charge in [-0.25, -0.2) is 0 Å². The third-order valence-electron chi connectivity index (χ3n) is 3.61. The number of benzene rings is 1. The Morgan fingerprint density at radius 1 is 1.14 bits per heavy atom. The van der Waals surface area contributed by atoms with E-state index in [0.717, 1.165) is 17.4 Å². The lowest BCUT2D eigenvalue weighted by Gasteiger charge is -2.22. The van der Waals surface area contributed by atoms with Gasteiger partial charge >= 0.3 is 0 Å². The largest absolute Gasteiger partial charge is 0.399 e. The first kappa shape index (κ1) is 15.8. The third kappa shape index (κ3) is 3.97. The van der Waals surface area contributed by atoms with Gasteiger partial charge in [0.15, 0.2) is 0 Å². The van der Waals surface area contributed by atoms with Crippen LogP contribution in [0.4, 0.5) is 5.69 Å². The molecule has 0 atom stereocenters. The number of carbonyl (C=O) groups excluding carboxylic acids is 2. The fourth-order valence-corrected chi connectivity index (χ4v) is 3.02. The van der Waals surface area contributed by atoms with E-state index in [4.69, 9.17) is 5.73 Å². The van der Waals surface area contributed by atoms with Crippen LogP contribution < -0.4 is 5.73 Å². The van der Waals surface area contributed by atoms with Crippen molar-refractivity contribution in [2.75, 3.05) is 31.9 Å². The van der Waals surface area contributed by atoms with Gasteiger partial charge < -0.3 is 15.5 Å². The van der Waals surface area contributed by atoms with Crippen molar-refractivity contribution in [2.24, 2.45) is 0 Å². The van der Waals surface area contributed by atoms with Crippen LogP contribution in [0, 0.1) is 0 Å². The van der Waals surface area contributed by atoms with Crippen LogP contribution in [0.3, 0.4) is 0 Å². The highest BCUT2D eigenvalue weighted by Gasteiger charge is 2.22. The summed E-state index contributed by atoms with van der Waals surface area (Å²) < 4.78 is 0.795. The van der Waals surface area contributed by atoms with Crippen molar-refractivity contribution < 1.29 is 9.59 Å². The number of amides is 2. The van der Waals surface area contributed by atoms with E-state index < -0.39 is 0 Å². The standard InChI is InChI=1S/C15H20BrN3O2/c1-2-14(20)18-4-3-5-19(7-6-18)15(21)11-8-12(16)10-13(17)9-11/h8-10H,2-7,17H2,1H3. The van der Waals surface area contributed by atoms with Gasteiger partial charge in [0.05, 0.1) is 0 Å². The van der Waals surface area contributed by atoms with Crippen molar-refractivity contribution in [3.8, 4) is 0 Å². The maximum Gasteiger partial charge on any atom is 0.254 e. The maximum absolute atomic E-state index is 12.5. The van der Waals surface area contributed by atoms with Crippen LogP contribution in [0.1, 0.15) is 30.1 Å². The fraction of sp³-hybridized carbons (Fsp3) is 0.467. The minimum atomic E-state index is -0.0335. The van der Waals surface area contributed by atoms with Crippen molar-refractivity contribution >= 4 is 33.4 Å². The Kier molecular flexibility index (Phi) is 5.22. The Labute approximate surface area is 133 Å². The summed E-state index contributed by atoms with van der Waals surface area (Å²) in [5, 5.41) is 0. The van der Waals surface area contributed by atoms with Crippen molar-refractivity contribution in [1.82, 2.24) is 9.80 Å². The molecule has 0 aliphatic carbocycles. The lowest BCUT2D eigenvalue weighted by atomic mass is 10.1.